The Morgan fingerprint density at radius 1 is 1.10 bits per heavy atom. The van der Waals surface area contributed by atoms with E-state index >= 15 is 0 Å². The Kier molecular flexibility index (Phi) is 6.29. The van der Waals surface area contributed by atoms with Gasteiger partial charge in [0, 0.05) is 17.8 Å². The van der Waals surface area contributed by atoms with E-state index in [1.54, 1.807) is 24.3 Å². The van der Waals surface area contributed by atoms with Crippen LogP contribution in [-0.2, 0) is 4.79 Å². The number of nitriles is 1. The molecule has 1 aliphatic carbocycles. The zero-order chi connectivity index (χ0) is 20.8. The lowest BCUT2D eigenvalue weighted by atomic mass is 9.86. The third-order valence-corrected chi connectivity index (χ3v) is 4.83. The molecule has 150 valence electrons. The van der Waals surface area contributed by atoms with Gasteiger partial charge in [0.2, 0.25) is 0 Å². The molecule has 0 spiro atoms. The van der Waals surface area contributed by atoms with E-state index in [1.807, 2.05) is 6.07 Å². The number of carbonyl (C=O) groups excluding carboxylic acids is 1. The zero-order valence-corrected chi connectivity index (χ0v) is 15.5. The van der Waals surface area contributed by atoms with Crippen molar-refractivity contribution in [3.63, 3.8) is 0 Å². The standard InChI is InChI=1S/C21H20FN3O4/c22-17-11-16(9-10-19(17)29-18-4-2-1-3-14(18)12-23)25-21(28)24-15-7-5-13(6-8-15)20(26)27/h1-4,9-11,13,15H,5-8H2,(H,26,27)(H2,24,25,28). The van der Waals surface area contributed by atoms with E-state index in [4.69, 9.17) is 15.1 Å². The molecule has 7 nitrogen and oxygen atoms in total. The second-order valence-corrected chi connectivity index (χ2v) is 6.84. The average molecular weight is 397 g/mol. The molecule has 0 aliphatic heterocycles. The van der Waals surface area contributed by atoms with Crippen molar-refractivity contribution in [3.05, 3.63) is 53.8 Å². The molecule has 3 rings (SSSR count). The number of hydrogen-bond acceptors (Lipinski definition) is 4. The molecule has 0 atom stereocenters. The van der Waals surface area contributed by atoms with Crippen LogP contribution >= 0.6 is 0 Å². The number of hydrogen-bond donors (Lipinski definition) is 3. The van der Waals surface area contributed by atoms with Crippen molar-refractivity contribution < 1.29 is 23.8 Å². The van der Waals surface area contributed by atoms with E-state index in [0.29, 0.717) is 25.7 Å². The van der Waals surface area contributed by atoms with Gasteiger partial charge in [-0.1, -0.05) is 12.1 Å². The van der Waals surface area contributed by atoms with Crippen molar-refractivity contribution in [3.8, 4) is 17.6 Å². The molecular weight excluding hydrogens is 377 g/mol. The highest BCUT2D eigenvalue weighted by atomic mass is 19.1. The number of para-hydroxylation sites is 1. The summed E-state index contributed by atoms with van der Waals surface area (Å²) >= 11 is 0. The van der Waals surface area contributed by atoms with Gasteiger partial charge in [-0.25, -0.2) is 9.18 Å². The minimum absolute atomic E-state index is 0.0642. The largest absolute Gasteiger partial charge is 0.481 e. The van der Waals surface area contributed by atoms with Gasteiger partial charge in [-0.05, 0) is 49.9 Å². The number of amides is 2. The van der Waals surface area contributed by atoms with Crippen molar-refractivity contribution in [2.45, 2.75) is 31.7 Å². The molecule has 8 heteroatoms. The maximum atomic E-state index is 14.4. The van der Waals surface area contributed by atoms with Crippen molar-refractivity contribution in [1.82, 2.24) is 5.32 Å². The summed E-state index contributed by atoms with van der Waals surface area (Å²) in [5.74, 6) is -1.67. The Labute approximate surface area is 167 Å². The lowest BCUT2D eigenvalue weighted by Gasteiger charge is -2.26. The molecule has 0 bridgehead atoms. The van der Waals surface area contributed by atoms with Crippen LogP contribution < -0.4 is 15.4 Å². The summed E-state index contributed by atoms with van der Waals surface area (Å²) in [6, 6.07) is 11.9. The first kappa shape index (κ1) is 20.1. The van der Waals surface area contributed by atoms with Gasteiger partial charge >= 0.3 is 12.0 Å². The molecule has 2 amide bonds. The Balaban J connectivity index is 1.57. The number of carboxylic acid groups (broad SMARTS) is 1. The van der Waals surface area contributed by atoms with Crippen LogP contribution in [0.25, 0.3) is 0 Å². The molecule has 0 heterocycles. The van der Waals surface area contributed by atoms with Crippen LogP contribution in [0.2, 0.25) is 0 Å². The van der Waals surface area contributed by atoms with Crippen molar-refractivity contribution >= 4 is 17.7 Å². The summed E-state index contributed by atoms with van der Waals surface area (Å²) in [4.78, 5) is 23.1. The summed E-state index contributed by atoms with van der Waals surface area (Å²) in [5.41, 5.74) is 0.534. The summed E-state index contributed by atoms with van der Waals surface area (Å²) in [6.45, 7) is 0. The first-order chi connectivity index (χ1) is 14.0. The number of benzene rings is 2. The van der Waals surface area contributed by atoms with Gasteiger partial charge in [0.1, 0.15) is 11.8 Å². The van der Waals surface area contributed by atoms with E-state index < -0.39 is 17.8 Å². The molecule has 3 N–H and O–H groups in total. The predicted molar refractivity (Wildman–Crippen MR) is 103 cm³/mol. The van der Waals surface area contributed by atoms with E-state index in [1.165, 1.54) is 12.1 Å². The fraction of sp³-hybridized carbons (Fsp3) is 0.286. The molecule has 0 unspecified atom stereocenters. The second-order valence-electron chi connectivity index (χ2n) is 6.84. The highest BCUT2D eigenvalue weighted by Crippen LogP contribution is 2.29. The third-order valence-electron chi connectivity index (χ3n) is 4.83. The number of carboxylic acids is 1. The van der Waals surface area contributed by atoms with Gasteiger partial charge in [0.15, 0.2) is 11.6 Å². The molecule has 2 aromatic rings. The van der Waals surface area contributed by atoms with Crippen LogP contribution in [0, 0.1) is 23.1 Å². The molecule has 29 heavy (non-hydrogen) atoms. The van der Waals surface area contributed by atoms with Crippen molar-refractivity contribution in [1.29, 1.82) is 5.26 Å². The molecule has 1 aliphatic rings. The van der Waals surface area contributed by atoms with Crippen molar-refractivity contribution in [2.75, 3.05) is 5.32 Å². The predicted octanol–water partition coefficient (Wildman–Crippen LogP) is 4.25. The molecule has 2 aromatic carbocycles. The van der Waals surface area contributed by atoms with Gasteiger partial charge in [-0.15, -0.1) is 0 Å². The second kappa shape index (κ2) is 9.06. The quantitative estimate of drug-likeness (QED) is 0.698. The molecular formula is C21H20FN3O4. The SMILES string of the molecule is N#Cc1ccccc1Oc1ccc(NC(=O)NC2CCC(C(=O)O)CC2)cc1F. The number of nitrogens with zero attached hydrogens (tertiary/aromatic N) is 1. The van der Waals surface area contributed by atoms with Gasteiger partial charge in [0.25, 0.3) is 0 Å². The summed E-state index contributed by atoms with van der Waals surface area (Å²) in [7, 11) is 0. The first-order valence-electron chi connectivity index (χ1n) is 9.23. The Morgan fingerprint density at radius 2 is 1.83 bits per heavy atom. The molecule has 0 radical (unpaired) electrons. The smallest absolute Gasteiger partial charge is 0.319 e. The topological polar surface area (TPSA) is 111 Å². The number of carbonyl (C=O) groups is 2. The zero-order valence-electron chi connectivity index (χ0n) is 15.5. The number of rotatable bonds is 5. The summed E-state index contributed by atoms with van der Waals surface area (Å²) in [5, 5.41) is 23.4. The normalized spacial score (nSPS) is 18.3. The fourth-order valence-electron chi connectivity index (χ4n) is 3.27. The van der Waals surface area contributed by atoms with Crippen LogP contribution in [-0.4, -0.2) is 23.1 Å². The first-order valence-corrected chi connectivity index (χ1v) is 9.23. The lowest BCUT2D eigenvalue weighted by Crippen LogP contribution is -2.41. The lowest BCUT2D eigenvalue weighted by molar-refractivity contribution is -0.142. The van der Waals surface area contributed by atoms with E-state index in [2.05, 4.69) is 10.6 Å². The van der Waals surface area contributed by atoms with Gasteiger partial charge < -0.3 is 20.5 Å². The van der Waals surface area contributed by atoms with Crippen LogP contribution in [0.1, 0.15) is 31.2 Å². The van der Waals surface area contributed by atoms with Gasteiger partial charge in [-0.2, -0.15) is 5.26 Å². The minimum Gasteiger partial charge on any atom is -0.481 e. The Morgan fingerprint density at radius 3 is 2.48 bits per heavy atom. The monoisotopic (exact) mass is 397 g/mol. The van der Waals surface area contributed by atoms with E-state index in [-0.39, 0.29) is 34.7 Å². The third kappa shape index (κ3) is 5.23. The highest BCUT2D eigenvalue weighted by Gasteiger charge is 2.26. The molecule has 1 saturated carbocycles. The highest BCUT2D eigenvalue weighted by molar-refractivity contribution is 5.89. The van der Waals surface area contributed by atoms with Crippen molar-refractivity contribution in [2.24, 2.45) is 5.92 Å². The fourth-order valence-corrected chi connectivity index (χ4v) is 3.27. The average Bonchev–Trinajstić information content (AvgIpc) is 2.70. The number of urea groups is 1. The van der Waals surface area contributed by atoms with Crippen LogP contribution in [0.15, 0.2) is 42.5 Å². The summed E-state index contributed by atoms with van der Waals surface area (Å²) < 4.78 is 19.8. The number of ether oxygens (including phenoxy) is 1. The van der Waals surface area contributed by atoms with Gasteiger partial charge in [0.05, 0.1) is 11.5 Å². The number of aliphatic carboxylic acids is 1. The summed E-state index contributed by atoms with van der Waals surface area (Å²) in [6.07, 6.45) is 2.21. The number of halogens is 1. The van der Waals surface area contributed by atoms with Gasteiger partial charge in [-0.3, -0.25) is 4.79 Å². The van der Waals surface area contributed by atoms with Crippen LogP contribution in [0.3, 0.4) is 0 Å². The molecule has 1 fully saturated rings. The minimum atomic E-state index is -0.803. The van der Waals surface area contributed by atoms with E-state index in [9.17, 15) is 14.0 Å². The Hall–Kier alpha value is -3.60. The molecule has 0 aromatic heterocycles. The Bertz CT molecular complexity index is 949. The van der Waals surface area contributed by atoms with Crippen LogP contribution in [0.5, 0.6) is 11.5 Å². The number of anilines is 1. The van der Waals surface area contributed by atoms with E-state index in [0.717, 1.165) is 6.07 Å². The maximum absolute atomic E-state index is 14.4. The maximum Gasteiger partial charge on any atom is 0.319 e. The number of nitrogens with one attached hydrogen (secondary N) is 2. The van der Waals surface area contributed by atoms with Crippen LogP contribution in [0.4, 0.5) is 14.9 Å². The molecule has 0 saturated heterocycles.